The molecule has 2 rings (SSSR count). The fourth-order valence-electron chi connectivity index (χ4n) is 2.21. The van der Waals surface area contributed by atoms with Gasteiger partial charge in [-0.3, -0.25) is 9.48 Å². The zero-order valence-corrected chi connectivity index (χ0v) is 13.5. The van der Waals surface area contributed by atoms with Crippen molar-refractivity contribution in [1.29, 1.82) is 0 Å². The third kappa shape index (κ3) is 4.08. The Hall–Kier alpha value is -1.85. The number of halogens is 1. The maximum atomic E-state index is 11.9. The zero-order valence-electron chi connectivity index (χ0n) is 12.7. The lowest BCUT2D eigenvalue weighted by atomic mass is 10.1. The highest BCUT2D eigenvalue weighted by atomic mass is 35.5. The summed E-state index contributed by atoms with van der Waals surface area (Å²) >= 11 is 6.05. The van der Waals surface area contributed by atoms with Crippen LogP contribution in [-0.4, -0.2) is 27.3 Å². The number of aliphatic hydroxyl groups is 1. The predicted molar refractivity (Wildman–Crippen MR) is 85.7 cm³/mol. The second-order valence-electron chi connectivity index (χ2n) is 5.21. The summed E-state index contributed by atoms with van der Waals surface area (Å²) in [6.45, 7) is 4.16. The molecule has 118 valence electrons. The monoisotopic (exact) mass is 321 g/mol. The molecule has 0 fully saturated rings. The summed E-state index contributed by atoms with van der Waals surface area (Å²) in [6, 6.07) is 9.39. The highest BCUT2D eigenvalue weighted by molar-refractivity contribution is 6.31. The molecule has 1 atom stereocenters. The van der Waals surface area contributed by atoms with Gasteiger partial charge in [-0.25, -0.2) is 0 Å². The maximum absolute atomic E-state index is 11.9. The van der Waals surface area contributed by atoms with Gasteiger partial charge in [0.25, 0.3) is 0 Å². The smallest absolute Gasteiger partial charge is 0.241 e. The molecular formula is C16H20ClN3O2. The molecule has 0 aliphatic rings. The first-order valence-corrected chi connectivity index (χ1v) is 7.56. The Morgan fingerprint density at radius 1 is 1.36 bits per heavy atom. The van der Waals surface area contributed by atoms with E-state index in [9.17, 15) is 9.90 Å². The number of nitrogens with zero attached hydrogens (tertiary/aromatic N) is 2. The van der Waals surface area contributed by atoms with Crippen LogP contribution in [0.15, 0.2) is 30.3 Å². The molecule has 0 saturated heterocycles. The Bertz CT molecular complexity index is 640. The Balaban J connectivity index is 1.80. The number of carbonyl (C=O) groups excluding carboxylic acids is 1. The van der Waals surface area contributed by atoms with Crippen molar-refractivity contribution in [2.75, 3.05) is 6.54 Å². The van der Waals surface area contributed by atoms with Crippen molar-refractivity contribution >= 4 is 17.5 Å². The van der Waals surface area contributed by atoms with Crippen LogP contribution in [0, 0.1) is 13.8 Å². The Labute approximate surface area is 134 Å². The second kappa shape index (κ2) is 7.42. The van der Waals surface area contributed by atoms with Crippen molar-refractivity contribution < 1.29 is 9.90 Å². The number of nitrogens with one attached hydrogen (secondary N) is 1. The molecule has 2 aromatic rings. The quantitative estimate of drug-likeness (QED) is 0.858. The summed E-state index contributed by atoms with van der Waals surface area (Å²) in [5, 5.41) is 17.6. The molecule has 0 bridgehead atoms. The van der Waals surface area contributed by atoms with Crippen molar-refractivity contribution in [3.8, 4) is 0 Å². The normalized spacial score (nSPS) is 12.2. The van der Waals surface area contributed by atoms with Crippen molar-refractivity contribution in [2.45, 2.75) is 32.9 Å². The van der Waals surface area contributed by atoms with Gasteiger partial charge in [-0.15, -0.1) is 0 Å². The topological polar surface area (TPSA) is 67.2 Å². The Kier molecular flexibility index (Phi) is 5.57. The van der Waals surface area contributed by atoms with Gasteiger partial charge < -0.3 is 10.4 Å². The summed E-state index contributed by atoms with van der Waals surface area (Å²) in [6.07, 6.45) is -0.113. The third-order valence-electron chi connectivity index (χ3n) is 3.51. The molecule has 2 N–H and O–H groups in total. The van der Waals surface area contributed by atoms with Crippen molar-refractivity contribution in [3.63, 3.8) is 0 Å². The lowest BCUT2D eigenvalue weighted by molar-refractivity contribution is -0.121. The van der Waals surface area contributed by atoms with E-state index in [4.69, 9.17) is 11.6 Å². The summed E-state index contributed by atoms with van der Waals surface area (Å²) in [7, 11) is 0. The highest BCUT2D eigenvalue weighted by Gasteiger charge is 2.12. The summed E-state index contributed by atoms with van der Waals surface area (Å²) < 4.78 is 1.58. The molecule has 0 aliphatic carbocycles. The van der Waals surface area contributed by atoms with Crippen LogP contribution in [0.5, 0.6) is 0 Å². The van der Waals surface area contributed by atoms with Gasteiger partial charge in [-0.1, -0.05) is 41.9 Å². The van der Waals surface area contributed by atoms with E-state index in [0.29, 0.717) is 23.7 Å². The average molecular weight is 322 g/mol. The molecule has 22 heavy (non-hydrogen) atoms. The number of benzene rings is 1. The average Bonchev–Trinajstić information content (AvgIpc) is 2.75. The first-order valence-electron chi connectivity index (χ1n) is 7.18. The minimum absolute atomic E-state index is 0.126. The van der Waals surface area contributed by atoms with Gasteiger partial charge in [0.1, 0.15) is 6.54 Å². The second-order valence-corrected chi connectivity index (χ2v) is 5.59. The van der Waals surface area contributed by atoms with Crippen LogP contribution in [0.2, 0.25) is 5.02 Å². The fraction of sp³-hybridized carbons (Fsp3) is 0.375. The molecule has 1 aromatic carbocycles. The van der Waals surface area contributed by atoms with E-state index in [2.05, 4.69) is 10.4 Å². The van der Waals surface area contributed by atoms with Crippen molar-refractivity contribution in [2.24, 2.45) is 0 Å². The minimum Gasteiger partial charge on any atom is -0.388 e. The van der Waals surface area contributed by atoms with Gasteiger partial charge in [0.15, 0.2) is 0 Å². The number of hydrogen-bond donors (Lipinski definition) is 2. The number of rotatable bonds is 6. The van der Waals surface area contributed by atoms with Gasteiger partial charge in [0.2, 0.25) is 5.91 Å². The molecule has 1 aromatic heterocycles. The van der Waals surface area contributed by atoms with Crippen molar-refractivity contribution in [3.05, 3.63) is 52.3 Å². The van der Waals surface area contributed by atoms with E-state index < -0.39 is 6.10 Å². The molecule has 0 aliphatic heterocycles. The molecule has 0 spiro atoms. The maximum Gasteiger partial charge on any atom is 0.241 e. The van der Waals surface area contributed by atoms with Crippen molar-refractivity contribution in [1.82, 2.24) is 15.1 Å². The number of amides is 1. The molecule has 6 heteroatoms. The number of aryl methyl sites for hydroxylation is 1. The van der Waals surface area contributed by atoms with E-state index in [-0.39, 0.29) is 12.5 Å². The van der Waals surface area contributed by atoms with Crippen LogP contribution in [0.25, 0.3) is 0 Å². The van der Waals surface area contributed by atoms with Crippen LogP contribution in [0.4, 0.5) is 0 Å². The fourth-order valence-corrected chi connectivity index (χ4v) is 2.35. The van der Waals surface area contributed by atoms with Crippen LogP contribution < -0.4 is 5.32 Å². The molecule has 5 nitrogen and oxygen atoms in total. The molecule has 1 unspecified atom stereocenters. The Morgan fingerprint density at radius 3 is 2.64 bits per heavy atom. The zero-order chi connectivity index (χ0) is 16.1. The number of aliphatic hydroxyl groups excluding tert-OH is 1. The van der Waals surface area contributed by atoms with Gasteiger partial charge in [0.05, 0.1) is 22.5 Å². The number of aromatic nitrogens is 2. The lowest BCUT2D eigenvalue weighted by Crippen LogP contribution is -2.30. The van der Waals surface area contributed by atoms with Gasteiger partial charge >= 0.3 is 0 Å². The predicted octanol–water partition coefficient (Wildman–Crippen LogP) is 2.39. The highest BCUT2D eigenvalue weighted by Crippen LogP contribution is 2.18. The molecule has 0 saturated carbocycles. The van der Waals surface area contributed by atoms with Crippen LogP contribution in [0.1, 0.15) is 29.5 Å². The first kappa shape index (κ1) is 16.5. The lowest BCUT2D eigenvalue weighted by Gasteiger charge is -2.12. The molecule has 1 heterocycles. The van der Waals surface area contributed by atoms with E-state index in [1.54, 1.807) is 11.6 Å². The molecule has 1 amide bonds. The third-order valence-corrected chi connectivity index (χ3v) is 4.06. The van der Waals surface area contributed by atoms with Crippen LogP contribution in [-0.2, 0) is 11.3 Å². The van der Waals surface area contributed by atoms with Gasteiger partial charge in [0, 0.05) is 6.54 Å². The van der Waals surface area contributed by atoms with E-state index in [1.165, 1.54) is 0 Å². The van der Waals surface area contributed by atoms with Gasteiger partial charge in [-0.2, -0.15) is 5.10 Å². The van der Waals surface area contributed by atoms with E-state index in [1.807, 2.05) is 37.3 Å². The first-order chi connectivity index (χ1) is 10.5. The van der Waals surface area contributed by atoms with E-state index >= 15 is 0 Å². The molecule has 0 radical (unpaired) electrons. The van der Waals surface area contributed by atoms with Crippen LogP contribution >= 0.6 is 11.6 Å². The largest absolute Gasteiger partial charge is 0.388 e. The molecular weight excluding hydrogens is 302 g/mol. The summed E-state index contributed by atoms with van der Waals surface area (Å²) in [4.78, 5) is 11.9. The van der Waals surface area contributed by atoms with E-state index in [0.717, 1.165) is 11.3 Å². The number of carbonyl (C=O) groups is 1. The minimum atomic E-state index is -0.579. The van der Waals surface area contributed by atoms with Crippen LogP contribution in [0.3, 0.4) is 0 Å². The Morgan fingerprint density at radius 2 is 2.05 bits per heavy atom. The summed E-state index contributed by atoms with van der Waals surface area (Å²) in [5.41, 5.74) is 2.34. The van der Waals surface area contributed by atoms with Gasteiger partial charge in [-0.05, 0) is 25.8 Å². The SMILES string of the molecule is Cc1nn(CC(=O)NCCC(O)c2ccccc2)c(C)c1Cl. The standard InChI is InChI=1S/C16H20ClN3O2/c1-11-16(17)12(2)20(19-11)10-15(22)18-9-8-14(21)13-6-4-3-5-7-13/h3-7,14,21H,8-10H2,1-2H3,(H,18,22). The summed E-state index contributed by atoms with van der Waals surface area (Å²) in [5.74, 6) is -0.150. The number of hydrogen-bond acceptors (Lipinski definition) is 3.